The first kappa shape index (κ1) is 22.1. The molecule has 2 aromatic carbocycles. The van der Waals surface area contributed by atoms with E-state index in [1.54, 1.807) is 6.07 Å². The zero-order valence-electron chi connectivity index (χ0n) is 16.9. The molecule has 1 saturated heterocycles. The van der Waals surface area contributed by atoms with Crippen molar-refractivity contribution in [3.05, 3.63) is 64.5 Å². The molecular formula is C22H20F4N2O4. The van der Waals surface area contributed by atoms with Crippen LogP contribution in [0.1, 0.15) is 35.1 Å². The minimum atomic E-state index is -4.68. The minimum absolute atomic E-state index is 0.0721. The predicted octanol–water partition coefficient (Wildman–Crippen LogP) is 3.64. The van der Waals surface area contributed by atoms with Crippen LogP contribution in [-0.2, 0) is 44.0 Å². The second-order valence-corrected chi connectivity index (χ2v) is 7.62. The largest absolute Gasteiger partial charge is 0.418 e. The zero-order chi connectivity index (χ0) is 22.9. The van der Waals surface area contributed by atoms with E-state index in [-0.39, 0.29) is 55.7 Å². The first-order valence-corrected chi connectivity index (χ1v) is 10.0. The van der Waals surface area contributed by atoms with E-state index >= 15 is 0 Å². The summed E-state index contributed by atoms with van der Waals surface area (Å²) in [5.74, 6) is -3.73. The molecule has 0 unspecified atom stereocenters. The molecule has 170 valence electrons. The number of carbonyl (C=O) groups excluding carboxylic acids is 2. The van der Waals surface area contributed by atoms with Gasteiger partial charge in [0.05, 0.1) is 30.6 Å². The van der Waals surface area contributed by atoms with Gasteiger partial charge in [-0.05, 0) is 42.3 Å². The summed E-state index contributed by atoms with van der Waals surface area (Å²) in [6.07, 6.45) is -4.88. The summed E-state index contributed by atoms with van der Waals surface area (Å²) in [7, 11) is 0. The van der Waals surface area contributed by atoms with Crippen molar-refractivity contribution in [1.82, 2.24) is 5.32 Å². The second-order valence-electron chi connectivity index (χ2n) is 7.62. The number of anilines is 1. The standard InChI is InChI=1S/C22H20F4N2O4/c23-14-3-1-2-13(10-14)11-28-20-15-8-9-27-12-21(31-18(29)6-7-19(30)32-21)16(15)4-5-17(20)22(24,25)26/h1-5,10,27-28H,6-9,11-12H2. The highest BCUT2D eigenvalue weighted by Crippen LogP contribution is 2.43. The summed E-state index contributed by atoms with van der Waals surface area (Å²) in [6.45, 7) is 0.100. The van der Waals surface area contributed by atoms with E-state index in [4.69, 9.17) is 9.47 Å². The van der Waals surface area contributed by atoms with Gasteiger partial charge < -0.3 is 20.1 Å². The maximum atomic E-state index is 13.8. The Morgan fingerprint density at radius 2 is 1.75 bits per heavy atom. The van der Waals surface area contributed by atoms with Gasteiger partial charge in [-0.15, -0.1) is 0 Å². The van der Waals surface area contributed by atoms with Crippen LogP contribution in [0, 0.1) is 5.82 Å². The van der Waals surface area contributed by atoms with Crippen molar-refractivity contribution in [2.45, 2.75) is 37.8 Å². The number of halogens is 4. The lowest BCUT2D eigenvalue weighted by Crippen LogP contribution is -2.43. The molecule has 6 nitrogen and oxygen atoms in total. The number of nitrogens with one attached hydrogen (secondary N) is 2. The summed E-state index contributed by atoms with van der Waals surface area (Å²) < 4.78 is 66.0. The van der Waals surface area contributed by atoms with E-state index in [1.165, 1.54) is 24.3 Å². The number of carbonyl (C=O) groups is 2. The van der Waals surface area contributed by atoms with Crippen LogP contribution >= 0.6 is 0 Å². The molecule has 0 saturated carbocycles. The maximum absolute atomic E-state index is 13.8. The van der Waals surface area contributed by atoms with E-state index in [0.29, 0.717) is 5.56 Å². The Kier molecular flexibility index (Phi) is 5.81. The predicted molar refractivity (Wildman–Crippen MR) is 105 cm³/mol. The number of hydrogen-bond acceptors (Lipinski definition) is 6. The molecule has 1 fully saturated rings. The molecule has 0 bridgehead atoms. The Bertz CT molecular complexity index is 1040. The molecule has 2 N–H and O–H groups in total. The smallest absolute Gasteiger partial charge is 0.416 e. The lowest BCUT2D eigenvalue weighted by atomic mass is 9.93. The Balaban J connectivity index is 1.83. The van der Waals surface area contributed by atoms with Gasteiger partial charge in [-0.3, -0.25) is 9.59 Å². The first-order valence-electron chi connectivity index (χ1n) is 10.0. The molecule has 2 aliphatic rings. The number of esters is 2. The van der Waals surface area contributed by atoms with Gasteiger partial charge in [-0.25, -0.2) is 4.39 Å². The summed E-state index contributed by atoms with van der Waals surface area (Å²) in [6, 6.07) is 7.56. The van der Waals surface area contributed by atoms with Gasteiger partial charge >= 0.3 is 18.1 Å². The molecule has 2 aromatic rings. The molecule has 0 atom stereocenters. The fraction of sp³-hybridized carbons (Fsp3) is 0.364. The Labute approximate surface area is 180 Å². The third kappa shape index (κ3) is 4.40. The molecule has 0 amide bonds. The maximum Gasteiger partial charge on any atom is 0.418 e. The molecule has 0 radical (unpaired) electrons. The normalized spacial score (nSPS) is 18.2. The van der Waals surface area contributed by atoms with Crippen LogP contribution in [0.25, 0.3) is 0 Å². The SMILES string of the molecule is O=C1CCC(=O)OC2(CNCCc3c2ccc(C(F)(F)F)c3NCc2cccc(F)c2)O1. The van der Waals surface area contributed by atoms with Gasteiger partial charge in [0.1, 0.15) is 5.82 Å². The zero-order valence-corrected chi connectivity index (χ0v) is 16.9. The summed E-state index contributed by atoms with van der Waals surface area (Å²) >= 11 is 0. The number of alkyl halides is 3. The highest BCUT2D eigenvalue weighted by Gasteiger charge is 2.47. The van der Waals surface area contributed by atoms with E-state index in [9.17, 15) is 27.2 Å². The molecule has 0 aromatic heterocycles. The topological polar surface area (TPSA) is 76.7 Å². The monoisotopic (exact) mass is 452 g/mol. The Morgan fingerprint density at radius 3 is 2.41 bits per heavy atom. The molecule has 32 heavy (non-hydrogen) atoms. The first-order chi connectivity index (χ1) is 15.2. The quantitative estimate of drug-likeness (QED) is 0.547. The number of ether oxygens (including phenoxy) is 2. The van der Waals surface area contributed by atoms with Crippen molar-refractivity contribution in [1.29, 1.82) is 0 Å². The molecule has 10 heteroatoms. The van der Waals surface area contributed by atoms with E-state index in [2.05, 4.69) is 10.6 Å². The molecule has 2 heterocycles. The van der Waals surface area contributed by atoms with Crippen molar-refractivity contribution in [3.8, 4) is 0 Å². The lowest BCUT2D eigenvalue weighted by Gasteiger charge is -2.32. The van der Waals surface area contributed by atoms with E-state index in [0.717, 1.165) is 6.07 Å². The average Bonchev–Trinajstić information content (AvgIpc) is 2.98. The van der Waals surface area contributed by atoms with Crippen molar-refractivity contribution in [3.63, 3.8) is 0 Å². The van der Waals surface area contributed by atoms with Gasteiger partial charge in [0.15, 0.2) is 0 Å². The summed E-state index contributed by atoms with van der Waals surface area (Å²) in [5.41, 5.74) is -0.316. The van der Waals surface area contributed by atoms with Crippen molar-refractivity contribution in [2.75, 3.05) is 18.4 Å². The van der Waals surface area contributed by atoms with Crippen LogP contribution in [-0.4, -0.2) is 25.0 Å². The fourth-order valence-electron chi connectivity index (χ4n) is 3.98. The van der Waals surface area contributed by atoms with E-state index < -0.39 is 35.3 Å². The fourth-order valence-corrected chi connectivity index (χ4v) is 3.98. The number of fused-ring (bicyclic) bond motifs is 2. The van der Waals surface area contributed by atoms with Gasteiger partial charge in [-0.2, -0.15) is 13.2 Å². The highest BCUT2D eigenvalue weighted by molar-refractivity contribution is 5.80. The Hall–Kier alpha value is -3.14. The third-order valence-corrected chi connectivity index (χ3v) is 5.39. The summed E-state index contributed by atoms with van der Waals surface area (Å²) in [5, 5.41) is 5.76. The van der Waals surface area contributed by atoms with Gasteiger partial charge in [-0.1, -0.05) is 18.2 Å². The van der Waals surface area contributed by atoms with Gasteiger partial charge in [0.25, 0.3) is 5.79 Å². The van der Waals surface area contributed by atoms with Crippen molar-refractivity contribution in [2.24, 2.45) is 0 Å². The lowest BCUT2D eigenvalue weighted by molar-refractivity contribution is -0.225. The number of benzene rings is 2. The van der Waals surface area contributed by atoms with E-state index in [1.807, 2.05) is 0 Å². The van der Waals surface area contributed by atoms with Crippen molar-refractivity contribution < 1.29 is 36.6 Å². The average molecular weight is 452 g/mol. The van der Waals surface area contributed by atoms with Crippen LogP contribution in [0.3, 0.4) is 0 Å². The molecular weight excluding hydrogens is 432 g/mol. The molecule has 2 aliphatic heterocycles. The highest BCUT2D eigenvalue weighted by atomic mass is 19.4. The number of hydrogen-bond donors (Lipinski definition) is 2. The number of rotatable bonds is 3. The Morgan fingerprint density at radius 1 is 1.03 bits per heavy atom. The van der Waals surface area contributed by atoms with Crippen molar-refractivity contribution >= 4 is 17.6 Å². The molecule has 4 rings (SSSR count). The second kappa shape index (κ2) is 8.42. The van der Waals surface area contributed by atoms with Crippen LogP contribution < -0.4 is 10.6 Å². The summed E-state index contributed by atoms with van der Waals surface area (Å²) in [4.78, 5) is 24.3. The van der Waals surface area contributed by atoms with Crippen LogP contribution in [0.4, 0.5) is 23.2 Å². The minimum Gasteiger partial charge on any atom is -0.416 e. The molecule has 1 spiro atoms. The molecule has 0 aliphatic carbocycles. The third-order valence-electron chi connectivity index (χ3n) is 5.39. The van der Waals surface area contributed by atoms with Gasteiger partial charge in [0.2, 0.25) is 0 Å². The van der Waals surface area contributed by atoms with Crippen LogP contribution in [0.5, 0.6) is 0 Å². The van der Waals surface area contributed by atoms with Crippen LogP contribution in [0.15, 0.2) is 36.4 Å². The van der Waals surface area contributed by atoms with Gasteiger partial charge in [0, 0.05) is 12.1 Å². The van der Waals surface area contributed by atoms with Crippen LogP contribution in [0.2, 0.25) is 0 Å².